The first kappa shape index (κ1) is 9.33. The van der Waals surface area contributed by atoms with Gasteiger partial charge in [-0.15, -0.1) is 0 Å². The lowest BCUT2D eigenvalue weighted by Crippen LogP contribution is -2.08. The highest BCUT2D eigenvalue weighted by Gasteiger charge is 2.03. The fourth-order valence-corrected chi connectivity index (χ4v) is 0.648. The molecule has 3 nitrogen and oxygen atoms in total. The quantitative estimate of drug-likeness (QED) is 0.337. The topological polar surface area (TPSA) is 57.5 Å². The Balaban J connectivity index is 3.73. The lowest BCUT2D eigenvalue weighted by Gasteiger charge is -2.05. The number of aliphatic hydroxyl groups is 2. The van der Waals surface area contributed by atoms with Crippen molar-refractivity contribution in [2.45, 2.75) is 26.1 Å². The Kier molecular flexibility index (Phi) is 4.80. The molecule has 0 aliphatic carbocycles. The van der Waals surface area contributed by atoms with E-state index in [-0.39, 0.29) is 0 Å². The summed E-state index contributed by atoms with van der Waals surface area (Å²) in [5.41, 5.74) is 0.493. The van der Waals surface area contributed by atoms with Crippen LogP contribution in [0.25, 0.3) is 0 Å². The molecule has 0 atom stereocenters. The number of hydrogen-bond donors (Lipinski definition) is 2. The van der Waals surface area contributed by atoms with Gasteiger partial charge < -0.3 is 15.0 Å². The van der Waals surface area contributed by atoms with Crippen LogP contribution in [0.4, 0.5) is 0 Å². The molecule has 0 spiro atoms. The van der Waals surface area contributed by atoms with E-state index in [2.05, 4.69) is 0 Å². The minimum Gasteiger partial charge on any atom is -0.365 e. The van der Waals surface area contributed by atoms with Crippen molar-refractivity contribution in [3.05, 3.63) is 11.6 Å². The summed E-state index contributed by atoms with van der Waals surface area (Å²) in [7, 11) is 0. The Morgan fingerprint density at radius 3 is 2.50 bits per heavy atom. The predicted octanol–water partition coefficient (Wildman–Crippen LogP) is 0.223. The number of aldehydes is 1. The summed E-state index contributed by atoms with van der Waals surface area (Å²) < 4.78 is 0. The summed E-state index contributed by atoms with van der Waals surface area (Å²) in [4.78, 5) is 9.86. The van der Waals surface area contributed by atoms with Gasteiger partial charge in [0.25, 0.3) is 0 Å². The van der Waals surface area contributed by atoms with E-state index in [1.165, 1.54) is 0 Å². The molecule has 0 saturated heterocycles. The van der Waals surface area contributed by atoms with Crippen molar-refractivity contribution < 1.29 is 15.0 Å². The zero-order valence-electron chi connectivity index (χ0n) is 5.95. The molecule has 3 heteroatoms. The van der Waals surface area contributed by atoms with Gasteiger partial charge in [0.2, 0.25) is 0 Å². The highest BCUT2D eigenvalue weighted by atomic mass is 16.5. The lowest BCUT2D eigenvalue weighted by atomic mass is 10.1. The van der Waals surface area contributed by atoms with Crippen LogP contribution in [0.15, 0.2) is 11.6 Å². The van der Waals surface area contributed by atoms with Crippen LogP contribution in [-0.4, -0.2) is 22.8 Å². The maximum atomic E-state index is 9.86. The number of aliphatic hydroxyl groups excluding tert-OH is 1. The van der Waals surface area contributed by atoms with Gasteiger partial charge in [-0.25, -0.2) is 0 Å². The largest absolute Gasteiger partial charge is 0.365 e. The molecular formula is C7H12O3. The molecule has 0 aliphatic heterocycles. The van der Waals surface area contributed by atoms with E-state index < -0.39 is 6.29 Å². The summed E-state index contributed by atoms with van der Waals surface area (Å²) >= 11 is 0. The first-order valence-electron chi connectivity index (χ1n) is 3.17. The van der Waals surface area contributed by atoms with Gasteiger partial charge in [0.15, 0.2) is 6.29 Å². The third-order valence-corrected chi connectivity index (χ3v) is 1.25. The Bertz CT molecular complexity index is 127. The van der Waals surface area contributed by atoms with E-state index in [9.17, 15) is 4.79 Å². The number of carbonyl (C=O) groups is 1. The molecule has 0 rings (SSSR count). The number of hydrogen-bond acceptors (Lipinski definition) is 3. The summed E-state index contributed by atoms with van der Waals surface area (Å²) in [5, 5.41) is 17.2. The van der Waals surface area contributed by atoms with Crippen LogP contribution in [0.3, 0.4) is 0 Å². The molecule has 2 N–H and O–H groups in total. The van der Waals surface area contributed by atoms with Crippen molar-refractivity contribution in [2.24, 2.45) is 0 Å². The standard InChI is InChI=1S/C7H12O3/c1-2-6(7(9)10)4-3-5-8/h2,5,7,9-10H,3-4H2,1H3. The van der Waals surface area contributed by atoms with Gasteiger partial charge in [0, 0.05) is 6.42 Å². The van der Waals surface area contributed by atoms with Crippen molar-refractivity contribution in [1.29, 1.82) is 0 Å². The van der Waals surface area contributed by atoms with Crippen molar-refractivity contribution in [3.8, 4) is 0 Å². The van der Waals surface area contributed by atoms with Crippen LogP contribution in [0, 0.1) is 0 Å². The molecule has 0 aromatic carbocycles. The van der Waals surface area contributed by atoms with Gasteiger partial charge in [0.05, 0.1) is 0 Å². The average molecular weight is 144 g/mol. The van der Waals surface area contributed by atoms with Gasteiger partial charge in [-0.05, 0) is 18.9 Å². The monoisotopic (exact) mass is 144 g/mol. The molecule has 0 amide bonds. The van der Waals surface area contributed by atoms with Gasteiger partial charge in [-0.3, -0.25) is 0 Å². The van der Waals surface area contributed by atoms with Crippen molar-refractivity contribution in [2.75, 3.05) is 0 Å². The number of carbonyl (C=O) groups excluding carboxylic acids is 1. The molecule has 58 valence electrons. The molecule has 0 fully saturated rings. The first-order valence-corrected chi connectivity index (χ1v) is 3.17. The summed E-state index contributed by atoms with van der Waals surface area (Å²) in [6.07, 6.45) is 1.72. The van der Waals surface area contributed by atoms with Gasteiger partial charge in [-0.1, -0.05) is 6.08 Å². The van der Waals surface area contributed by atoms with E-state index in [1.807, 2.05) is 0 Å². The van der Waals surface area contributed by atoms with Crippen LogP contribution >= 0.6 is 0 Å². The Hall–Kier alpha value is -0.670. The maximum Gasteiger partial charge on any atom is 0.174 e. The van der Waals surface area contributed by atoms with Crippen molar-refractivity contribution >= 4 is 6.29 Å². The third-order valence-electron chi connectivity index (χ3n) is 1.25. The molecule has 0 aromatic heterocycles. The predicted molar refractivity (Wildman–Crippen MR) is 37.3 cm³/mol. The average Bonchev–Trinajstić information content (AvgIpc) is 1.89. The van der Waals surface area contributed by atoms with E-state index >= 15 is 0 Å². The maximum absolute atomic E-state index is 9.86. The highest BCUT2D eigenvalue weighted by Crippen LogP contribution is 2.06. The summed E-state index contributed by atoms with van der Waals surface area (Å²) in [6.45, 7) is 1.71. The number of allylic oxidation sites excluding steroid dienone is 1. The second kappa shape index (κ2) is 5.14. The molecule has 0 bridgehead atoms. The SMILES string of the molecule is CC=C(CCC=O)C(O)O. The van der Waals surface area contributed by atoms with Crippen LogP contribution in [-0.2, 0) is 4.79 Å². The third kappa shape index (κ3) is 3.37. The normalized spacial score (nSPS) is 12.2. The van der Waals surface area contributed by atoms with E-state index in [0.717, 1.165) is 6.29 Å². The smallest absolute Gasteiger partial charge is 0.174 e. The zero-order chi connectivity index (χ0) is 7.98. The Morgan fingerprint density at radius 2 is 2.20 bits per heavy atom. The van der Waals surface area contributed by atoms with E-state index in [0.29, 0.717) is 18.4 Å². The molecule has 0 unspecified atom stereocenters. The Labute approximate surface area is 60.0 Å². The minimum absolute atomic E-state index is 0.345. The Morgan fingerprint density at radius 1 is 1.60 bits per heavy atom. The van der Waals surface area contributed by atoms with E-state index in [1.54, 1.807) is 13.0 Å². The first-order chi connectivity index (χ1) is 4.72. The molecule has 0 heterocycles. The van der Waals surface area contributed by atoms with E-state index in [4.69, 9.17) is 10.2 Å². The fraction of sp³-hybridized carbons (Fsp3) is 0.571. The molecule has 0 aliphatic rings. The minimum atomic E-state index is -1.41. The second-order valence-electron chi connectivity index (χ2n) is 1.94. The van der Waals surface area contributed by atoms with Crippen LogP contribution in [0.2, 0.25) is 0 Å². The van der Waals surface area contributed by atoms with Gasteiger partial charge >= 0.3 is 0 Å². The second-order valence-corrected chi connectivity index (χ2v) is 1.94. The fourth-order valence-electron chi connectivity index (χ4n) is 0.648. The molecule has 0 aromatic rings. The van der Waals surface area contributed by atoms with Gasteiger partial charge in [-0.2, -0.15) is 0 Å². The van der Waals surface area contributed by atoms with Crippen molar-refractivity contribution in [3.63, 3.8) is 0 Å². The van der Waals surface area contributed by atoms with Crippen LogP contribution < -0.4 is 0 Å². The summed E-state index contributed by atoms with van der Waals surface area (Å²) in [5.74, 6) is 0. The summed E-state index contributed by atoms with van der Waals surface area (Å²) in [6, 6.07) is 0. The number of rotatable bonds is 4. The van der Waals surface area contributed by atoms with Crippen LogP contribution in [0.5, 0.6) is 0 Å². The molecule has 0 saturated carbocycles. The molecule has 10 heavy (non-hydrogen) atoms. The zero-order valence-corrected chi connectivity index (χ0v) is 5.95. The van der Waals surface area contributed by atoms with Gasteiger partial charge in [0.1, 0.15) is 6.29 Å². The lowest BCUT2D eigenvalue weighted by molar-refractivity contribution is -0.107. The highest BCUT2D eigenvalue weighted by molar-refractivity contribution is 5.49. The molecular weight excluding hydrogens is 132 g/mol. The molecule has 0 radical (unpaired) electrons. The van der Waals surface area contributed by atoms with Crippen molar-refractivity contribution in [1.82, 2.24) is 0 Å². The van der Waals surface area contributed by atoms with Crippen LogP contribution in [0.1, 0.15) is 19.8 Å².